The minimum atomic E-state index is -3.56. The summed E-state index contributed by atoms with van der Waals surface area (Å²) in [5, 5.41) is 0. The van der Waals surface area contributed by atoms with Crippen LogP contribution in [0.1, 0.15) is 5.82 Å². The third-order valence-electron chi connectivity index (χ3n) is 5.39. The van der Waals surface area contributed by atoms with Crippen LogP contribution in [0.15, 0.2) is 35.2 Å². The standard InChI is InChI=1S/C20H27N5O4S/c1-16-21-19(15-20(22-16)24-10-12-29-13-11-24)23-6-8-25(9-7-23)30(26,27)18-5-3-4-17(14-18)28-2/h3-5,14-15H,6-13H2,1-2H3. The number of anilines is 2. The fraction of sp³-hybridized carbons (Fsp3) is 0.500. The molecule has 1 aromatic heterocycles. The van der Waals surface area contributed by atoms with Crippen molar-refractivity contribution in [3.8, 4) is 5.75 Å². The van der Waals surface area contributed by atoms with Gasteiger partial charge in [0.25, 0.3) is 0 Å². The summed E-state index contributed by atoms with van der Waals surface area (Å²) in [6.45, 7) is 6.83. The summed E-state index contributed by atoms with van der Waals surface area (Å²) < 4.78 is 38.2. The lowest BCUT2D eigenvalue weighted by molar-refractivity contribution is 0.122. The van der Waals surface area contributed by atoms with Gasteiger partial charge in [-0.3, -0.25) is 0 Å². The summed E-state index contributed by atoms with van der Waals surface area (Å²) in [6.07, 6.45) is 0. The largest absolute Gasteiger partial charge is 0.497 e. The lowest BCUT2D eigenvalue weighted by atomic mass is 10.3. The maximum Gasteiger partial charge on any atom is 0.243 e. The van der Waals surface area contributed by atoms with E-state index in [9.17, 15) is 8.42 Å². The van der Waals surface area contributed by atoms with E-state index >= 15 is 0 Å². The van der Waals surface area contributed by atoms with E-state index in [1.165, 1.54) is 11.4 Å². The molecular weight excluding hydrogens is 406 g/mol. The van der Waals surface area contributed by atoms with Gasteiger partial charge in [-0.25, -0.2) is 18.4 Å². The van der Waals surface area contributed by atoms with E-state index in [1.807, 2.05) is 13.0 Å². The second-order valence-corrected chi connectivity index (χ2v) is 9.24. The predicted molar refractivity (Wildman–Crippen MR) is 114 cm³/mol. The Balaban J connectivity index is 1.47. The van der Waals surface area contributed by atoms with Crippen LogP contribution in [0.3, 0.4) is 0 Å². The molecule has 30 heavy (non-hydrogen) atoms. The number of morpholine rings is 1. The minimum Gasteiger partial charge on any atom is -0.497 e. The van der Waals surface area contributed by atoms with Gasteiger partial charge in [0.2, 0.25) is 10.0 Å². The van der Waals surface area contributed by atoms with Crippen LogP contribution in [-0.2, 0) is 14.8 Å². The second-order valence-electron chi connectivity index (χ2n) is 7.30. The van der Waals surface area contributed by atoms with Crippen LogP contribution in [0.4, 0.5) is 11.6 Å². The molecule has 0 atom stereocenters. The van der Waals surface area contributed by atoms with Crippen molar-refractivity contribution in [2.75, 3.05) is 69.4 Å². The smallest absolute Gasteiger partial charge is 0.243 e. The first-order valence-corrected chi connectivity index (χ1v) is 11.5. The van der Waals surface area contributed by atoms with Gasteiger partial charge >= 0.3 is 0 Å². The molecule has 2 saturated heterocycles. The van der Waals surface area contributed by atoms with Gasteiger partial charge in [-0.2, -0.15) is 4.31 Å². The molecule has 2 aliphatic heterocycles. The number of ether oxygens (including phenoxy) is 2. The van der Waals surface area contributed by atoms with Crippen molar-refractivity contribution in [3.05, 3.63) is 36.2 Å². The summed E-state index contributed by atoms with van der Waals surface area (Å²) in [6, 6.07) is 8.58. The highest BCUT2D eigenvalue weighted by Crippen LogP contribution is 2.25. The lowest BCUT2D eigenvalue weighted by Gasteiger charge is -2.35. The Morgan fingerprint density at radius 3 is 2.20 bits per heavy atom. The van der Waals surface area contributed by atoms with Crippen LogP contribution in [0.2, 0.25) is 0 Å². The van der Waals surface area contributed by atoms with Crippen LogP contribution in [0, 0.1) is 6.92 Å². The van der Waals surface area contributed by atoms with Crippen LogP contribution in [-0.4, -0.2) is 82.3 Å². The van der Waals surface area contributed by atoms with Gasteiger partial charge in [0, 0.05) is 51.4 Å². The van der Waals surface area contributed by atoms with E-state index in [1.54, 1.807) is 24.3 Å². The van der Waals surface area contributed by atoms with Gasteiger partial charge in [-0.15, -0.1) is 0 Å². The molecule has 162 valence electrons. The maximum absolute atomic E-state index is 13.0. The Morgan fingerprint density at radius 1 is 0.933 bits per heavy atom. The maximum atomic E-state index is 13.0. The first-order chi connectivity index (χ1) is 14.5. The van der Waals surface area contributed by atoms with Gasteiger partial charge in [0.05, 0.1) is 25.2 Å². The summed E-state index contributed by atoms with van der Waals surface area (Å²) in [4.78, 5) is 13.7. The molecule has 0 saturated carbocycles. The third kappa shape index (κ3) is 4.35. The number of hydrogen-bond donors (Lipinski definition) is 0. The molecule has 0 unspecified atom stereocenters. The van der Waals surface area contributed by atoms with Crippen molar-refractivity contribution in [2.24, 2.45) is 0 Å². The molecule has 0 spiro atoms. The molecule has 4 rings (SSSR count). The number of methoxy groups -OCH3 is 1. The van der Waals surface area contributed by atoms with Gasteiger partial charge in [0.1, 0.15) is 23.2 Å². The SMILES string of the molecule is COc1cccc(S(=O)(=O)N2CCN(c3cc(N4CCOCC4)nc(C)n3)CC2)c1. The number of rotatable bonds is 5. The molecule has 0 N–H and O–H groups in total. The van der Waals surface area contributed by atoms with Gasteiger partial charge in [0.15, 0.2) is 0 Å². The topological polar surface area (TPSA) is 88.1 Å². The third-order valence-corrected chi connectivity index (χ3v) is 7.28. The zero-order valence-electron chi connectivity index (χ0n) is 17.3. The Labute approximate surface area is 177 Å². The Kier molecular flexibility index (Phi) is 6.07. The van der Waals surface area contributed by atoms with Gasteiger partial charge in [-0.1, -0.05) is 6.07 Å². The van der Waals surface area contributed by atoms with E-state index in [0.29, 0.717) is 51.0 Å². The monoisotopic (exact) mass is 433 g/mol. The summed E-state index contributed by atoms with van der Waals surface area (Å²) in [5.41, 5.74) is 0. The molecule has 0 bridgehead atoms. The fourth-order valence-electron chi connectivity index (χ4n) is 3.72. The average Bonchev–Trinajstić information content (AvgIpc) is 2.79. The van der Waals surface area contributed by atoms with Crippen molar-refractivity contribution in [1.29, 1.82) is 0 Å². The molecule has 3 heterocycles. The Morgan fingerprint density at radius 2 is 1.57 bits per heavy atom. The summed E-state index contributed by atoms with van der Waals surface area (Å²) >= 11 is 0. The zero-order chi connectivity index (χ0) is 21.1. The highest BCUT2D eigenvalue weighted by Gasteiger charge is 2.29. The average molecular weight is 434 g/mol. The number of nitrogens with zero attached hydrogens (tertiary/aromatic N) is 5. The fourth-order valence-corrected chi connectivity index (χ4v) is 5.18. The molecule has 0 amide bonds. The molecule has 0 radical (unpaired) electrons. The first kappa shape index (κ1) is 20.8. The normalized spacial score (nSPS) is 18.5. The van der Waals surface area contributed by atoms with Crippen molar-refractivity contribution >= 4 is 21.7 Å². The Bertz CT molecular complexity index is 986. The number of hydrogen-bond acceptors (Lipinski definition) is 8. The van der Waals surface area contributed by atoms with E-state index in [0.717, 1.165) is 24.7 Å². The quantitative estimate of drug-likeness (QED) is 0.694. The first-order valence-electron chi connectivity index (χ1n) is 10.0. The van der Waals surface area contributed by atoms with E-state index in [-0.39, 0.29) is 4.90 Å². The lowest BCUT2D eigenvalue weighted by Crippen LogP contribution is -2.49. The van der Waals surface area contributed by atoms with Crippen LogP contribution < -0.4 is 14.5 Å². The Hall–Kier alpha value is -2.43. The van der Waals surface area contributed by atoms with Crippen LogP contribution >= 0.6 is 0 Å². The van der Waals surface area contributed by atoms with Gasteiger partial charge < -0.3 is 19.3 Å². The summed E-state index contributed by atoms with van der Waals surface area (Å²) in [5.74, 6) is 2.97. The molecule has 1 aromatic carbocycles. The number of sulfonamides is 1. The van der Waals surface area contributed by atoms with Crippen LogP contribution in [0.25, 0.3) is 0 Å². The molecule has 0 aliphatic carbocycles. The van der Waals surface area contributed by atoms with E-state index in [2.05, 4.69) is 19.8 Å². The molecular formula is C20H27N5O4S. The van der Waals surface area contributed by atoms with Crippen molar-refractivity contribution in [2.45, 2.75) is 11.8 Å². The summed E-state index contributed by atoms with van der Waals surface area (Å²) in [7, 11) is -2.03. The van der Waals surface area contributed by atoms with Crippen molar-refractivity contribution < 1.29 is 17.9 Å². The van der Waals surface area contributed by atoms with Crippen molar-refractivity contribution in [3.63, 3.8) is 0 Å². The molecule has 9 nitrogen and oxygen atoms in total. The molecule has 10 heteroatoms. The number of aryl methyl sites for hydroxylation is 1. The van der Waals surface area contributed by atoms with E-state index in [4.69, 9.17) is 9.47 Å². The highest BCUT2D eigenvalue weighted by molar-refractivity contribution is 7.89. The molecule has 2 fully saturated rings. The predicted octanol–water partition coefficient (Wildman–Crippen LogP) is 1.14. The zero-order valence-corrected chi connectivity index (χ0v) is 18.1. The highest BCUT2D eigenvalue weighted by atomic mass is 32.2. The minimum absolute atomic E-state index is 0.253. The van der Waals surface area contributed by atoms with E-state index < -0.39 is 10.0 Å². The van der Waals surface area contributed by atoms with Crippen molar-refractivity contribution in [1.82, 2.24) is 14.3 Å². The second kappa shape index (κ2) is 8.75. The molecule has 2 aliphatic rings. The van der Waals surface area contributed by atoms with Crippen LogP contribution in [0.5, 0.6) is 5.75 Å². The number of benzene rings is 1. The van der Waals surface area contributed by atoms with Gasteiger partial charge in [-0.05, 0) is 19.1 Å². The number of piperazine rings is 1. The molecule has 2 aromatic rings. The number of aromatic nitrogens is 2.